The number of ether oxygens (including phenoxy) is 2. The zero-order chi connectivity index (χ0) is 35.6. The minimum Gasteiger partial charge on any atom is -0.455 e. The van der Waals surface area contributed by atoms with Crippen molar-refractivity contribution in [1.82, 2.24) is 10.2 Å². The van der Waals surface area contributed by atoms with E-state index >= 15 is 0 Å². The van der Waals surface area contributed by atoms with E-state index in [-0.39, 0.29) is 31.4 Å². The van der Waals surface area contributed by atoms with Gasteiger partial charge in [0.1, 0.15) is 23.7 Å². The number of hydrogen-bond acceptors (Lipinski definition) is 8. The lowest BCUT2D eigenvalue weighted by Crippen LogP contribution is -2.58. The van der Waals surface area contributed by atoms with Gasteiger partial charge in [-0.25, -0.2) is 0 Å². The second kappa shape index (κ2) is 14.8. The molecule has 11 heteroatoms. The molecule has 0 saturated carbocycles. The van der Waals surface area contributed by atoms with Crippen molar-refractivity contribution in [3.8, 4) is 0 Å². The number of nitrogens with one attached hydrogen (secondary N) is 1. The molecular weight excluding hydrogens is 636 g/mol. The van der Waals surface area contributed by atoms with Gasteiger partial charge in [0.05, 0.1) is 30.7 Å². The molecule has 4 aliphatic rings. The number of aliphatic hydroxyl groups excluding tert-OH is 1. The van der Waals surface area contributed by atoms with E-state index in [1.165, 1.54) is 4.90 Å². The van der Waals surface area contributed by atoms with Gasteiger partial charge in [0.15, 0.2) is 0 Å². The quantitative estimate of drug-likeness (QED) is 0.317. The van der Waals surface area contributed by atoms with Gasteiger partial charge in [-0.15, -0.1) is 0 Å². The molecule has 8 atom stereocenters. The maximum atomic E-state index is 14.9. The lowest BCUT2D eigenvalue weighted by atomic mass is 9.77. The van der Waals surface area contributed by atoms with E-state index in [0.717, 1.165) is 18.8 Å². The molecule has 0 aliphatic carbocycles. The van der Waals surface area contributed by atoms with Crippen molar-refractivity contribution in [2.75, 3.05) is 36.0 Å². The lowest BCUT2D eigenvalue weighted by molar-refractivity contribution is -0.161. The molecule has 50 heavy (non-hydrogen) atoms. The largest absolute Gasteiger partial charge is 0.455 e. The number of rotatable bonds is 8. The number of benzene rings is 2. The molecule has 2 aromatic rings. The van der Waals surface area contributed by atoms with Crippen molar-refractivity contribution in [3.05, 3.63) is 84.5 Å². The first-order valence-corrected chi connectivity index (χ1v) is 17.8. The molecule has 0 aromatic heterocycles. The van der Waals surface area contributed by atoms with Crippen molar-refractivity contribution in [2.24, 2.45) is 11.8 Å². The van der Waals surface area contributed by atoms with E-state index in [2.05, 4.69) is 24.1 Å². The number of hydrogen-bond donors (Lipinski definition) is 2. The van der Waals surface area contributed by atoms with Crippen LogP contribution in [0.1, 0.15) is 58.6 Å². The summed E-state index contributed by atoms with van der Waals surface area (Å²) >= 11 is 0. The third kappa shape index (κ3) is 6.21. The molecule has 266 valence electrons. The molecule has 2 fully saturated rings. The third-order valence-electron chi connectivity index (χ3n) is 10.6. The SMILES string of the molecule is CC[C@@H](CO)N1C(=O)[C@H]2[C@@H]3C(=O)O[C@@H](c4ccccc4)[C@H](C)NC(=O)CC/C=C\[C@@H]3O[C@]23C=CCN(c2ccc(N(CC)CC)cc2)C(=O)[C@H]13. The number of fused-ring (bicyclic) bond motifs is 2. The summed E-state index contributed by atoms with van der Waals surface area (Å²) in [6.45, 7) is 9.38. The summed E-state index contributed by atoms with van der Waals surface area (Å²) in [5, 5.41) is 13.5. The Labute approximate surface area is 293 Å². The summed E-state index contributed by atoms with van der Waals surface area (Å²) in [5.41, 5.74) is 0.896. The normalized spacial score (nSPS) is 31.0. The molecule has 2 aromatic carbocycles. The molecule has 2 saturated heterocycles. The molecule has 4 aliphatic heterocycles. The van der Waals surface area contributed by atoms with Gasteiger partial charge in [-0.05, 0) is 63.4 Å². The Morgan fingerprint density at radius 2 is 1.70 bits per heavy atom. The minimum absolute atomic E-state index is 0.179. The van der Waals surface area contributed by atoms with E-state index in [1.54, 1.807) is 30.1 Å². The average molecular weight is 685 g/mol. The fourth-order valence-electron chi connectivity index (χ4n) is 8.12. The molecular formula is C39H48N4O7. The van der Waals surface area contributed by atoms with Crippen LogP contribution in [0.4, 0.5) is 11.4 Å². The van der Waals surface area contributed by atoms with E-state index in [9.17, 15) is 24.3 Å². The standard InChI is InChI=1S/C39H48N4O7/c1-5-27(24-44)43-35-37(47)42(29-20-18-28(19-21-29)41(6-2)7-3)23-13-22-39(35)33(36(43)46)32-30(50-39)16-11-12-17-31(45)40-25(4)34(49-38(32)48)26-14-9-8-10-15-26/h8-11,13-16,18-22,25,27,30,32-35,44H,5-7,12,17,23-24H2,1-4H3,(H,40,45)/b16-11-/t25-,27-,30-,32+,33+,34+,35-,39+/m0/s1. The molecule has 4 heterocycles. The molecule has 3 amide bonds. The van der Waals surface area contributed by atoms with Crippen LogP contribution in [0.15, 0.2) is 78.9 Å². The van der Waals surface area contributed by atoms with Crippen molar-refractivity contribution < 1.29 is 33.8 Å². The van der Waals surface area contributed by atoms with Gasteiger partial charge in [-0.1, -0.05) is 61.6 Å². The van der Waals surface area contributed by atoms with Crippen LogP contribution in [0.3, 0.4) is 0 Å². The average Bonchev–Trinajstić information content (AvgIpc) is 3.51. The van der Waals surface area contributed by atoms with Crippen LogP contribution in [0.5, 0.6) is 0 Å². The predicted octanol–water partition coefficient (Wildman–Crippen LogP) is 3.93. The lowest BCUT2D eigenvalue weighted by Gasteiger charge is -2.38. The van der Waals surface area contributed by atoms with Gasteiger partial charge in [0, 0.05) is 37.4 Å². The highest BCUT2D eigenvalue weighted by Gasteiger charge is 2.72. The molecule has 0 radical (unpaired) electrons. The maximum Gasteiger partial charge on any atom is 0.313 e. The smallest absolute Gasteiger partial charge is 0.313 e. The Morgan fingerprint density at radius 1 is 0.980 bits per heavy atom. The summed E-state index contributed by atoms with van der Waals surface area (Å²) in [6.07, 6.45) is 6.39. The molecule has 11 nitrogen and oxygen atoms in total. The van der Waals surface area contributed by atoms with Crippen LogP contribution in [0, 0.1) is 11.8 Å². The maximum absolute atomic E-state index is 14.9. The van der Waals surface area contributed by atoms with Crippen LogP contribution in [-0.2, 0) is 28.7 Å². The van der Waals surface area contributed by atoms with Crippen LogP contribution in [0.2, 0.25) is 0 Å². The number of aliphatic hydroxyl groups is 1. The van der Waals surface area contributed by atoms with Gasteiger partial charge in [0.2, 0.25) is 11.8 Å². The highest BCUT2D eigenvalue weighted by Crippen LogP contribution is 2.54. The van der Waals surface area contributed by atoms with E-state index in [1.807, 2.05) is 67.6 Å². The number of esters is 1. The second-order valence-corrected chi connectivity index (χ2v) is 13.5. The number of cyclic esters (lactones) is 1. The Balaban J connectivity index is 1.43. The van der Waals surface area contributed by atoms with Gasteiger partial charge in [-0.2, -0.15) is 0 Å². The predicted molar refractivity (Wildman–Crippen MR) is 189 cm³/mol. The first kappa shape index (κ1) is 35.3. The van der Waals surface area contributed by atoms with Crippen LogP contribution >= 0.6 is 0 Å². The van der Waals surface area contributed by atoms with E-state index in [0.29, 0.717) is 24.1 Å². The highest BCUT2D eigenvalue weighted by atomic mass is 16.6. The third-order valence-corrected chi connectivity index (χ3v) is 10.6. The van der Waals surface area contributed by atoms with Gasteiger partial charge >= 0.3 is 5.97 Å². The zero-order valence-corrected chi connectivity index (χ0v) is 29.2. The summed E-state index contributed by atoms with van der Waals surface area (Å²) < 4.78 is 13.1. The van der Waals surface area contributed by atoms with Gasteiger partial charge in [-0.3, -0.25) is 19.2 Å². The summed E-state index contributed by atoms with van der Waals surface area (Å²) in [5.74, 6) is -3.80. The molecule has 1 spiro atoms. The summed E-state index contributed by atoms with van der Waals surface area (Å²) in [7, 11) is 0. The van der Waals surface area contributed by atoms with Crippen molar-refractivity contribution >= 4 is 35.1 Å². The first-order valence-electron chi connectivity index (χ1n) is 17.8. The number of anilines is 2. The van der Waals surface area contributed by atoms with Crippen LogP contribution < -0.4 is 15.1 Å². The number of carbonyl (C=O) groups excluding carboxylic acids is 4. The number of nitrogens with zero attached hydrogens (tertiary/aromatic N) is 3. The van der Waals surface area contributed by atoms with Crippen molar-refractivity contribution in [1.29, 1.82) is 0 Å². The zero-order valence-electron chi connectivity index (χ0n) is 29.2. The Kier molecular flexibility index (Phi) is 10.5. The summed E-state index contributed by atoms with van der Waals surface area (Å²) in [6, 6.07) is 14.6. The van der Waals surface area contributed by atoms with Crippen molar-refractivity contribution in [3.63, 3.8) is 0 Å². The Bertz CT molecular complexity index is 1620. The molecule has 0 bridgehead atoms. The Hall–Kier alpha value is -4.48. The van der Waals surface area contributed by atoms with E-state index < -0.39 is 59.6 Å². The summed E-state index contributed by atoms with van der Waals surface area (Å²) in [4.78, 5) is 62.2. The Morgan fingerprint density at radius 3 is 2.36 bits per heavy atom. The fourth-order valence-corrected chi connectivity index (χ4v) is 8.12. The highest BCUT2D eigenvalue weighted by molar-refractivity contribution is 6.05. The van der Waals surface area contributed by atoms with Crippen molar-refractivity contribution in [2.45, 2.75) is 82.9 Å². The minimum atomic E-state index is -1.51. The molecule has 6 rings (SSSR count). The molecule has 0 unspecified atom stereocenters. The fraction of sp³-hybridized carbons (Fsp3) is 0.487. The first-order chi connectivity index (χ1) is 24.2. The van der Waals surface area contributed by atoms with Gasteiger partial charge in [0.25, 0.3) is 5.91 Å². The van der Waals surface area contributed by atoms with Gasteiger partial charge < -0.3 is 34.6 Å². The molecule has 2 N–H and O–H groups in total. The van der Waals surface area contributed by atoms with E-state index in [4.69, 9.17) is 9.47 Å². The number of likely N-dealkylation sites (tertiary alicyclic amines) is 1. The van der Waals surface area contributed by atoms with Crippen LogP contribution in [0.25, 0.3) is 0 Å². The number of carbonyl (C=O) groups is 4. The van der Waals surface area contributed by atoms with Crippen LogP contribution in [-0.4, -0.2) is 89.8 Å². The topological polar surface area (TPSA) is 129 Å². The second-order valence-electron chi connectivity index (χ2n) is 13.5. The number of amides is 3. The monoisotopic (exact) mass is 684 g/mol. The number of allylic oxidation sites excluding steroid dienone is 1.